The Morgan fingerprint density at radius 1 is 1.11 bits per heavy atom. The second-order valence-corrected chi connectivity index (χ2v) is 8.44. The summed E-state index contributed by atoms with van der Waals surface area (Å²) in [4.78, 5) is 5.78. The van der Waals surface area contributed by atoms with E-state index in [0.29, 0.717) is 18.6 Å². The van der Waals surface area contributed by atoms with E-state index in [0.717, 1.165) is 52.8 Å². The molecule has 1 aromatic heterocycles. The number of piperidine rings is 1. The Morgan fingerprint density at radius 2 is 1.93 bits per heavy atom. The van der Waals surface area contributed by atoms with E-state index in [2.05, 4.69) is 45.1 Å². The molecule has 0 radical (unpaired) electrons. The van der Waals surface area contributed by atoms with Crippen LogP contribution >= 0.6 is 11.6 Å². The van der Waals surface area contributed by atoms with E-state index in [1.54, 1.807) is 0 Å². The monoisotopic (exact) mass is 399 g/mol. The average Bonchev–Trinajstić information content (AvgIpc) is 3.05. The molecule has 2 fully saturated rings. The molecular formula is C22H30ClN5. The van der Waals surface area contributed by atoms with E-state index >= 15 is 0 Å². The van der Waals surface area contributed by atoms with Crippen LogP contribution < -0.4 is 16.0 Å². The van der Waals surface area contributed by atoms with Gasteiger partial charge in [-0.05, 0) is 56.4 Å². The number of nitrogens with zero attached hydrogens (tertiary/aromatic N) is 1. The number of H-pyrrole nitrogens is 1. The van der Waals surface area contributed by atoms with Crippen LogP contribution in [0.25, 0.3) is 10.9 Å². The third kappa shape index (κ3) is 4.58. The van der Waals surface area contributed by atoms with Crippen LogP contribution in [0.5, 0.6) is 0 Å². The highest BCUT2D eigenvalue weighted by Gasteiger charge is 2.24. The highest BCUT2D eigenvalue weighted by Crippen LogP contribution is 2.22. The predicted octanol–water partition coefficient (Wildman–Crippen LogP) is 4.05. The number of hydrogen-bond acceptors (Lipinski definition) is 4. The van der Waals surface area contributed by atoms with Gasteiger partial charge in [0.05, 0.1) is 18.2 Å². The highest BCUT2D eigenvalue weighted by molar-refractivity contribution is 6.31. The van der Waals surface area contributed by atoms with Crippen LogP contribution in [-0.4, -0.2) is 35.1 Å². The molecule has 2 aromatic rings. The van der Waals surface area contributed by atoms with Crippen molar-refractivity contribution in [3.8, 4) is 0 Å². The Balaban J connectivity index is 1.25. The van der Waals surface area contributed by atoms with Crippen molar-refractivity contribution in [1.82, 2.24) is 25.8 Å². The molecule has 1 saturated heterocycles. The van der Waals surface area contributed by atoms with Crippen LogP contribution in [0, 0.1) is 0 Å². The quantitative estimate of drug-likeness (QED) is 0.541. The topological polar surface area (TPSA) is 55.1 Å². The second kappa shape index (κ2) is 8.39. The Hall–Kier alpha value is -2.27. The van der Waals surface area contributed by atoms with Crippen LogP contribution in [0.1, 0.15) is 37.8 Å². The van der Waals surface area contributed by atoms with Crippen molar-refractivity contribution in [2.75, 3.05) is 13.1 Å². The maximum absolute atomic E-state index is 6.07. The van der Waals surface area contributed by atoms with Crippen LogP contribution in [0.2, 0.25) is 5.02 Å². The summed E-state index contributed by atoms with van der Waals surface area (Å²) in [6.07, 6.45) is 6.20. The van der Waals surface area contributed by atoms with Crippen molar-refractivity contribution in [3.63, 3.8) is 0 Å². The molecular weight excluding hydrogens is 370 g/mol. The highest BCUT2D eigenvalue weighted by atomic mass is 35.5. The van der Waals surface area contributed by atoms with Crippen LogP contribution in [0.4, 0.5) is 0 Å². The SMILES string of the molecule is C=C(NCc1cc2cc(Cl)ccc2[nH]1)NC1CCCN(C(=C)NC2CCC2)C1. The number of aromatic nitrogens is 1. The zero-order valence-corrected chi connectivity index (χ0v) is 17.1. The second-order valence-electron chi connectivity index (χ2n) is 8.01. The predicted molar refractivity (Wildman–Crippen MR) is 117 cm³/mol. The Bertz CT molecular complexity index is 854. The minimum atomic E-state index is 0.384. The first kappa shape index (κ1) is 19.1. The molecule has 0 spiro atoms. The van der Waals surface area contributed by atoms with Gasteiger partial charge in [0.25, 0.3) is 0 Å². The zero-order valence-electron chi connectivity index (χ0n) is 16.4. The summed E-state index contributed by atoms with van der Waals surface area (Å²) in [7, 11) is 0. The molecule has 1 aliphatic heterocycles. The Labute approximate surface area is 172 Å². The summed E-state index contributed by atoms with van der Waals surface area (Å²) < 4.78 is 0. The van der Waals surface area contributed by atoms with E-state index in [1.165, 1.54) is 25.7 Å². The lowest BCUT2D eigenvalue weighted by Crippen LogP contribution is -2.49. The molecule has 4 rings (SSSR count). The molecule has 0 bridgehead atoms. The summed E-state index contributed by atoms with van der Waals surface area (Å²) in [5, 5.41) is 12.4. The van der Waals surface area contributed by atoms with E-state index < -0.39 is 0 Å². The first-order valence-corrected chi connectivity index (χ1v) is 10.6. The minimum Gasteiger partial charge on any atom is -0.370 e. The van der Waals surface area contributed by atoms with Gasteiger partial charge >= 0.3 is 0 Å². The zero-order chi connectivity index (χ0) is 19.5. The number of aromatic amines is 1. The van der Waals surface area contributed by atoms with Crippen LogP contribution in [0.15, 0.2) is 49.1 Å². The fraction of sp³-hybridized carbons (Fsp3) is 0.455. The van der Waals surface area contributed by atoms with Gasteiger partial charge in [0.2, 0.25) is 0 Å². The largest absolute Gasteiger partial charge is 0.370 e. The molecule has 1 unspecified atom stereocenters. The lowest BCUT2D eigenvalue weighted by atomic mass is 9.93. The summed E-state index contributed by atoms with van der Waals surface area (Å²) in [5.41, 5.74) is 2.21. The average molecular weight is 400 g/mol. The summed E-state index contributed by atoms with van der Waals surface area (Å²) >= 11 is 6.07. The van der Waals surface area contributed by atoms with Gasteiger partial charge in [-0.25, -0.2) is 0 Å². The molecule has 4 N–H and O–H groups in total. The maximum atomic E-state index is 6.07. The van der Waals surface area contributed by atoms with Gasteiger partial charge in [0.15, 0.2) is 0 Å². The molecule has 0 amide bonds. The van der Waals surface area contributed by atoms with Gasteiger partial charge in [-0.3, -0.25) is 0 Å². The fourth-order valence-corrected chi connectivity index (χ4v) is 4.16. The standard InChI is InChI=1S/C22H30ClN5/c1-15(24-13-21-12-17-11-18(23)8-9-22(17)27-21)25-20-7-4-10-28(14-20)16(2)26-19-5-3-6-19/h8-9,11-12,19-20,24-27H,1-7,10,13-14H2. The van der Waals surface area contributed by atoms with Gasteiger partial charge in [0, 0.05) is 46.8 Å². The maximum Gasteiger partial charge on any atom is 0.0941 e. The molecule has 1 aliphatic carbocycles. The Kier molecular flexibility index (Phi) is 5.72. The normalized spacial score (nSPS) is 19.9. The smallest absolute Gasteiger partial charge is 0.0941 e. The third-order valence-corrected chi connectivity index (χ3v) is 6.02. The van der Waals surface area contributed by atoms with Gasteiger partial charge < -0.3 is 25.8 Å². The number of benzene rings is 1. The number of halogens is 1. The van der Waals surface area contributed by atoms with Crippen LogP contribution in [0.3, 0.4) is 0 Å². The lowest BCUT2D eigenvalue weighted by molar-refractivity contribution is 0.212. The first-order chi connectivity index (χ1) is 13.6. The van der Waals surface area contributed by atoms with Gasteiger partial charge in [0.1, 0.15) is 0 Å². The van der Waals surface area contributed by atoms with Crippen molar-refractivity contribution in [1.29, 1.82) is 0 Å². The molecule has 1 saturated carbocycles. The molecule has 2 aliphatic rings. The van der Waals surface area contributed by atoms with E-state index in [1.807, 2.05) is 18.2 Å². The van der Waals surface area contributed by atoms with E-state index in [4.69, 9.17) is 11.6 Å². The third-order valence-electron chi connectivity index (χ3n) is 5.79. The number of fused-ring (bicyclic) bond motifs is 1. The fourth-order valence-electron chi connectivity index (χ4n) is 3.98. The van der Waals surface area contributed by atoms with Crippen LogP contribution in [-0.2, 0) is 6.54 Å². The number of nitrogens with one attached hydrogen (secondary N) is 4. The molecule has 1 atom stereocenters. The molecule has 150 valence electrons. The number of likely N-dealkylation sites (tertiary alicyclic amines) is 1. The van der Waals surface area contributed by atoms with Gasteiger partial charge in [-0.15, -0.1) is 0 Å². The summed E-state index contributed by atoms with van der Waals surface area (Å²) in [5.74, 6) is 1.94. The van der Waals surface area contributed by atoms with E-state index in [-0.39, 0.29) is 0 Å². The molecule has 1 aromatic carbocycles. The van der Waals surface area contributed by atoms with E-state index in [9.17, 15) is 0 Å². The van der Waals surface area contributed by atoms with Gasteiger partial charge in [-0.1, -0.05) is 24.8 Å². The molecule has 2 heterocycles. The molecule has 5 nitrogen and oxygen atoms in total. The van der Waals surface area contributed by atoms with Crippen molar-refractivity contribution in [2.24, 2.45) is 0 Å². The number of hydrogen-bond donors (Lipinski definition) is 4. The van der Waals surface area contributed by atoms with Crippen molar-refractivity contribution < 1.29 is 0 Å². The van der Waals surface area contributed by atoms with Crippen molar-refractivity contribution >= 4 is 22.5 Å². The summed E-state index contributed by atoms with van der Waals surface area (Å²) in [6, 6.07) is 9.03. The molecule has 28 heavy (non-hydrogen) atoms. The Morgan fingerprint density at radius 3 is 2.71 bits per heavy atom. The minimum absolute atomic E-state index is 0.384. The van der Waals surface area contributed by atoms with Crippen molar-refractivity contribution in [3.05, 3.63) is 59.8 Å². The first-order valence-electron chi connectivity index (χ1n) is 10.2. The van der Waals surface area contributed by atoms with Gasteiger partial charge in [-0.2, -0.15) is 0 Å². The van der Waals surface area contributed by atoms with Crippen molar-refractivity contribution in [2.45, 2.75) is 50.7 Å². The summed E-state index contributed by atoms with van der Waals surface area (Å²) in [6.45, 7) is 11.1. The number of rotatable bonds is 8. The molecule has 6 heteroatoms. The lowest BCUT2D eigenvalue weighted by Gasteiger charge is -2.39.